The van der Waals surface area contributed by atoms with E-state index in [1.165, 1.54) is 0 Å². The number of nitrogens with zero attached hydrogens (tertiary/aromatic N) is 4. The van der Waals surface area contributed by atoms with Crippen LogP contribution in [0.4, 0.5) is 0 Å². The fourth-order valence-corrected chi connectivity index (χ4v) is 7.02. The Morgan fingerprint density at radius 1 is 0.296 bits per heavy atom. The third-order valence-corrected chi connectivity index (χ3v) is 9.84. The summed E-state index contributed by atoms with van der Waals surface area (Å²) in [7, 11) is 6.64. The van der Waals surface area contributed by atoms with Crippen LogP contribution in [0.1, 0.15) is 33.4 Å². The van der Waals surface area contributed by atoms with E-state index in [-0.39, 0.29) is 0 Å². The van der Waals surface area contributed by atoms with Crippen LogP contribution >= 0.6 is 0 Å². The van der Waals surface area contributed by atoms with E-state index in [1.54, 1.807) is 28.4 Å². The lowest BCUT2D eigenvalue weighted by atomic mass is 9.82. The van der Waals surface area contributed by atoms with E-state index in [0.29, 0.717) is 22.8 Å². The quantitative estimate of drug-likeness (QED) is 0.135. The minimum absolute atomic E-state index is 0.705. The molecule has 6 aromatic carbocycles. The molecule has 6 aromatic rings. The standard InChI is InChI=1S/C46H38N4O4/c1-51-37-23-15-31(16-24-37)41-42(32-17-25-38(52-2)26-18-32)48-45(47-41,35-11-7-5-8-12-35)46(36-13-9-6-10-14-36)49-43(33-19-27-39(53-3)28-20-33)44(50-46)34-21-29-40(54-4)30-22-34/h5-30H,1-4H3. The fraction of sp³-hybridized carbons (Fsp3) is 0.130. The van der Waals surface area contributed by atoms with Crippen molar-refractivity contribution in [2.45, 2.75) is 11.3 Å². The van der Waals surface area contributed by atoms with Crippen molar-refractivity contribution in [1.29, 1.82) is 0 Å². The fourth-order valence-electron chi connectivity index (χ4n) is 7.02. The van der Waals surface area contributed by atoms with Crippen LogP contribution in [-0.2, 0) is 11.3 Å². The molecule has 0 fully saturated rings. The summed E-state index contributed by atoms with van der Waals surface area (Å²) in [5.74, 6) is 2.98. The molecule has 8 rings (SSSR count). The first-order valence-corrected chi connectivity index (χ1v) is 17.6. The number of hydrogen-bond donors (Lipinski definition) is 0. The first-order chi connectivity index (χ1) is 26.5. The van der Waals surface area contributed by atoms with E-state index in [2.05, 4.69) is 24.3 Å². The van der Waals surface area contributed by atoms with Crippen molar-refractivity contribution in [2.75, 3.05) is 28.4 Å². The highest BCUT2D eigenvalue weighted by Crippen LogP contribution is 2.54. The van der Waals surface area contributed by atoms with E-state index in [1.807, 2.05) is 133 Å². The topological polar surface area (TPSA) is 86.4 Å². The molecule has 0 saturated carbocycles. The van der Waals surface area contributed by atoms with Gasteiger partial charge in [-0.05, 0) is 97.1 Å². The molecule has 8 nitrogen and oxygen atoms in total. The average molecular weight is 711 g/mol. The molecule has 8 heteroatoms. The number of aliphatic imine (C=N–C) groups is 4. The van der Waals surface area contributed by atoms with Gasteiger partial charge in [0.1, 0.15) is 23.0 Å². The van der Waals surface area contributed by atoms with E-state index in [0.717, 1.165) is 56.4 Å². The van der Waals surface area contributed by atoms with E-state index in [9.17, 15) is 0 Å². The predicted molar refractivity (Wildman–Crippen MR) is 214 cm³/mol. The summed E-state index contributed by atoms with van der Waals surface area (Å²) in [6.45, 7) is 0. The Bertz CT molecular complexity index is 2090. The van der Waals surface area contributed by atoms with Crippen molar-refractivity contribution < 1.29 is 18.9 Å². The van der Waals surface area contributed by atoms with Gasteiger partial charge in [0.25, 0.3) is 0 Å². The van der Waals surface area contributed by atoms with Gasteiger partial charge in [-0.25, -0.2) is 20.0 Å². The highest BCUT2D eigenvalue weighted by Gasteiger charge is 2.60. The second-order valence-corrected chi connectivity index (χ2v) is 12.8. The number of methoxy groups -OCH3 is 4. The molecule has 2 aliphatic rings. The summed E-state index contributed by atoms with van der Waals surface area (Å²) < 4.78 is 22.1. The predicted octanol–water partition coefficient (Wildman–Crippen LogP) is 8.71. The molecule has 0 radical (unpaired) electrons. The lowest BCUT2D eigenvalue weighted by molar-refractivity contribution is 0.257. The van der Waals surface area contributed by atoms with Gasteiger partial charge in [0, 0.05) is 33.4 Å². The normalized spacial score (nSPS) is 15.4. The maximum atomic E-state index is 5.74. The molecule has 0 unspecified atom stereocenters. The molecule has 2 aliphatic heterocycles. The molecule has 54 heavy (non-hydrogen) atoms. The smallest absolute Gasteiger partial charge is 0.226 e. The van der Waals surface area contributed by atoms with Crippen LogP contribution < -0.4 is 18.9 Å². The molecular formula is C46H38N4O4. The van der Waals surface area contributed by atoms with Crippen molar-refractivity contribution in [3.8, 4) is 23.0 Å². The zero-order valence-electron chi connectivity index (χ0n) is 30.4. The number of hydrogen-bond acceptors (Lipinski definition) is 8. The third kappa shape index (κ3) is 5.91. The summed E-state index contributed by atoms with van der Waals surface area (Å²) >= 11 is 0. The number of rotatable bonds is 11. The van der Waals surface area contributed by atoms with Crippen LogP contribution in [0.2, 0.25) is 0 Å². The first kappa shape index (κ1) is 34.3. The van der Waals surface area contributed by atoms with E-state index < -0.39 is 11.3 Å². The van der Waals surface area contributed by atoms with Crippen molar-refractivity contribution in [3.05, 3.63) is 191 Å². The Balaban J connectivity index is 1.48. The minimum atomic E-state index is -1.40. The van der Waals surface area contributed by atoms with E-state index >= 15 is 0 Å². The Morgan fingerprint density at radius 3 is 0.722 bits per heavy atom. The summed E-state index contributed by atoms with van der Waals surface area (Å²) in [5.41, 5.74) is 5.21. The van der Waals surface area contributed by atoms with Crippen LogP contribution in [0.5, 0.6) is 23.0 Å². The first-order valence-electron chi connectivity index (χ1n) is 17.6. The maximum Gasteiger partial charge on any atom is 0.226 e. The summed E-state index contributed by atoms with van der Waals surface area (Å²) in [6, 6.07) is 51.9. The molecule has 2 heterocycles. The van der Waals surface area contributed by atoms with Gasteiger partial charge in [0.2, 0.25) is 11.3 Å². The Hall–Kier alpha value is -6.80. The van der Waals surface area contributed by atoms with Crippen LogP contribution in [0.25, 0.3) is 0 Å². The van der Waals surface area contributed by atoms with Crippen LogP contribution in [0, 0.1) is 0 Å². The van der Waals surface area contributed by atoms with Crippen molar-refractivity contribution in [2.24, 2.45) is 20.0 Å². The van der Waals surface area contributed by atoms with Gasteiger partial charge in [-0.1, -0.05) is 60.7 Å². The van der Waals surface area contributed by atoms with Gasteiger partial charge in [0.05, 0.1) is 51.3 Å². The maximum absolute atomic E-state index is 5.74. The molecule has 0 aromatic heterocycles. The summed E-state index contributed by atoms with van der Waals surface area (Å²) in [6.07, 6.45) is 0. The Labute approximate surface area is 314 Å². The highest BCUT2D eigenvalue weighted by atomic mass is 16.5. The van der Waals surface area contributed by atoms with Crippen molar-refractivity contribution in [3.63, 3.8) is 0 Å². The van der Waals surface area contributed by atoms with Crippen LogP contribution in [0.3, 0.4) is 0 Å². The van der Waals surface area contributed by atoms with E-state index in [4.69, 9.17) is 38.9 Å². The van der Waals surface area contributed by atoms with Gasteiger partial charge in [-0.3, -0.25) is 0 Å². The van der Waals surface area contributed by atoms with Crippen LogP contribution in [-0.4, -0.2) is 51.3 Å². The van der Waals surface area contributed by atoms with Crippen molar-refractivity contribution in [1.82, 2.24) is 0 Å². The van der Waals surface area contributed by atoms with Gasteiger partial charge < -0.3 is 18.9 Å². The minimum Gasteiger partial charge on any atom is -0.497 e. The van der Waals surface area contributed by atoms with Gasteiger partial charge in [-0.15, -0.1) is 0 Å². The molecule has 0 saturated heterocycles. The largest absolute Gasteiger partial charge is 0.497 e. The summed E-state index contributed by atoms with van der Waals surface area (Å²) in [4.78, 5) is 23.0. The molecular weight excluding hydrogens is 673 g/mol. The summed E-state index contributed by atoms with van der Waals surface area (Å²) in [5, 5.41) is 0. The zero-order valence-corrected chi connectivity index (χ0v) is 30.4. The highest BCUT2D eigenvalue weighted by molar-refractivity contribution is 6.55. The van der Waals surface area contributed by atoms with Gasteiger partial charge in [0.15, 0.2) is 0 Å². The van der Waals surface area contributed by atoms with Crippen molar-refractivity contribution >= 4 is 22.8 Å². The number of benzene rings is 6. The lowest BCUT2D eigenvalue weighted by Gasteiger charge is -2.38. The molecule has 0 atom stereocenters. The van der Waals surface area contributed by atoms with Gasteiger partial charge in [-0.2, -0.15) is 0 Å². The molecule has 0 amide bonds. The average Bonchev–Trinajstić information content (AvgIpc) is 3.87. The lowest BCUT2D eigenvalue weighted by Crippen LogP contribution is -2.43. The second kappa shape index (κ2) is 14.3. The second-order valence-electron chi connectivity index (χ2n) is 12.8. The molecule has 0 spiro atoms. The van der Waals surface area contributed by atoms with Crippen LogP contribution in [0.15, 0.2) is 178 Å². The Kier molecular flexibility index (Phi) is 9.09. The molecule has 266 valence electrons. The third-order valence-electron chi connectivity index (χ3n) is 9.84. The zero-order chi connectivity index (χ0) is 37.1. The van der Waals surface area contributed by atoms with Gasteiger partial charge >= 0.3 is 0 Å². The number of ether oxygens (including phenoxy) is 4. The molecule has 0 aliphatic carbocycles. The molecule has 0 N–H and O–H groups in total. The Morgan fingerprint density at radius 2 is 0.519 bits per heavy atom. The SMILES string of the molecule is COc1ccc(C2=NC(c3ccccc3)(C3(c4ccccc4)N=C(c4ccc(OC)cc4)C(c4ccc(OC)cc4)=N3)N=C2c2ccc(OC)cc2)cc1. The molecule has 0 bridgehead atoms. The monoisotopic (exact) mass is 710 g/mol.